The summed E-state index contributed by atoms with van der Waals surface area (Å²) in [5.74, 6) is 0.996. The molecule has 0 radical (unpaired) electrons. The zero-order chi connectivity index (χ0) is 15.6. The molecule has 1 fully saturated rings. The second kappa shape index (κ2) is 6.18. The molecule has 1 N–H and O–H groups in total. The molecule has 3 heterocycles. The summed E-state index contributed by atoms with van der Waals surface area (Å²) in [6.07, 6.45) is 1.80. The zero-order valence-corrected chi connectivity index (χ0v) is 13.5. The lowest BCUT2D eigenvalue weighted by atomic mass is 10.2. The third-order valence-corrected chi connectivity index (χ3v) is 4.41. The summed E-state index contributed by atoms with van der Waals surface area (Å²) in [7, 11) is 0. The second-order valence-corrected chi connectivity index (χ2v) is 6.14. The van der Waals surface area contributed by atoms with Crippen molar-refractivity contribution in [3.63, 3.8) is 0 Å². The first-order valence-corrected chi connectivity index (χ1v) is 8.20. The van der Waals surface area contributed by atoms with E-state index < -0.39 is 0 Å². The monoisotopic (exact) mass is 327 g/mol. The number of hydrogen-bond donors (Lipinski definition) is 1. The van der Waals surface area contributed by atoms with Crippen molar-refractivity contribution in [2.45, 2.75) is 6.54 Å². The molecule has 0 unspecified atom stereocenters. The van der Waals surface area contributed by atoms with Gasteiger partial charge < -0.3 is 14.8 Å². The van der Waals surface area contributed by atoms with E-state index in [-0.39, 0.29) is 0 Å². The van der Waals surface area contributed by atoms with Gasteiger partial charge in [-0.05, 0) is 29.8 Å². The van der Waals surface area contributed by atoms with Crippen molar-refractivity contribution in [1.82, 2.24) is 19.9 Å². The van der Waals surface area contributed by atoms with E-state index in [9.17, 15) is 0 Å². The lowest BCUT2D eigenvalue weighted by Gasteiger charge is -2.28. The minimum atomic E-state index is 0.758. The summed E-state index contributed by atoms with van der Waals surface area (Å²) in [6.45, 7) is 4.65. The fraction of sp³-hybridized carbons (Fsp3) is 0.294. The molecule has 0 saturated carbocycles. The number of pyridine rings is 1. The molecule has 5 nitrogen and oxygen atoms in total. The molecule has 1 aliphatic heterocycles. The number of rotatable bonds is 3. The number of piperazine rings is 1. The maximum atomic E-state index is 6.00. The lowest BCUT2D eigenvalue weighted by Crippen LogP contribution is -2.44. The third-order valence-electron chi connectivity index (χ3n) is 4.16. The number of anilines is 1. The molecule has 0 bridgehead atoms. The van der Waals surface area contributed by atoms with Gasteiger partial charge in [-0.1, -0.05) is 23.7 Å². The molecule has 3 aromatic rings. The average Bonchev–Trinajstić information content (AvgIpc) is 2.96. The van der Waals surface area contributed by atoms with Gasteiger partial charge in [0, 0.05) is 37.4 Å². The van der Waals surface area contributed by atoms with Crippen LogP contribution in [0.15, 0.2) is 42.6 Å². The van der Waals surface area contributed by atoms with Crippen LogP contribution in [-0.4, -0.2) is 40.7 Å². The predicted octanol–water partition coefficient (Wildman–Crippen LogP) is 2.54. The molecule has 1 aromatic carbocycles. The van der Waals surface area contributed by atoms with Crippen molar-refractivity contribution >= 4 is 28.7 Å². The molecule has 0 atom stereocenters. The van der Waals surface area contributed by atoms with E-state index in [0.29, 0.717) is 0 Å². The van der Waals surface area contributed by atoms with E-state index in [1.54, 1.807) is 6.20 Å². The summed E-state index contributed by atoms with van der Waals surface area (Å²) in [5, 5.41) is 4.14. The quantitative estimate of drug-likeness (QED) is 0.803. The number of halogens is 1. The highest BCUT2D eigenvalue weighted by Gasteiger charge is 2.19. The first kappa shape index (κ1) is 14.5. The van der Waals surface area contributed by atoms with Gasteiger partial charge in [0.1, 0.15) is 0 Å². The molecule has 0 spiro atoms. The largest absolute Gasteiger partial charge is 0.340 e. The Labute approximate surface area is 139 Å². The number of imidazole rings is 1. The Hall–Kier alpha value is -2.11. The van der Waals surface area contributed by atoms with E-state index in [1.807, 2.05) is 18.2 Å². The molecule has 1 aliphatic rings. The van der Waals surface area contributed by atoms with Crippen LogP contribution in [0.4, 0.5) is 5.95 Å². The van der Waals surface area contributed by atoms with Crippen LogP contribution in [0.2, 0.25) is 5.02 Å². The van der Waals surface area contributed by atoms with Crippen molar-refractivity contribution in [3.8, 4) is 0 Å². The number of nitrogens with zero attached hydrogens (tertiary/aromatic N) is 4. The van der Waals surface area contributed by atoms with Crippen molar-refractivity contribution in [3.05, 3.63) is 53.2 Å². The molecule has 118 valence electrons. The first-order chi connectivity index (χ1) is 11.3. The number of aromatic nitrogens is 3. The standard InChI is InChI=1S/C17H18ClN5/c18-14-5-3-13(4-6-14)12-23-15-2-1-7-20-16(15)21-17(23)22-10-8-19-9-11-22/h1-7,19H,8-12H2. The Morgan fingerprint density at radius 3 is 2.65 bits per heavy atom. The number of fused-ring (bicyclic) bond motifs is 1. The van der Waals surface area contributed by atoms with Crippen molar-refractivity contribution in [2.24, 2.45) is 0 Å². The van der Waals surface area contributed by atoms with Gasteiger partial charge in [-0.15, -0.1) is 0 Å². The van der Waals surface area contributed by atoms with E-state index in [2.05, 4.69) is 38.0 Å². The molecule has 4 rings (SSSR count). The van der Waals surface area contributed by atoms with Crippen molar-refractivity contribution in [1.29, 1.82) is 0 Å². The molecule has 0 amide bonds. The average molecular weight is 328 g/mol. The highest BCUT2D eigenvalue weighted by atomic mass is 35.5. The minimum absolute atomic E-state index is 0.758. The van der Waals surface area contributed by atoms with Gasteiger partial charge in [-0.25, -0.2) is 4.98 Å². The molecule has 6 heteroatoms. The summed E-state index contributed by atoms with van der Waals surface area (Å²) in [4.78, 5) is 11.5. The molecular formula is C17H18ClN5. The Kier molecular flexibility index (Phi) is 3.89. The SMILES string of the molecule is Clc1ccc(Cn2c(N3CCNCC3)nc3ncccc32)cc1. The fourth-order valence-electron chi connectivity index (χ4n) is 2.98. The fourth-order valence-corrected chi connectivity index (χ4v) is 3.11. The number of nitrogens with one attached hydrogen (secondary N) is 1. The van der Waals surface area contributed by atoms with Gasteiger partial charge in [-0.2, -0.15) is 4.98 Å². The van der Waals surface area contributed by atoms with Crippen LogP contribution in [-0.2, 0) is 6.54 Å². The van der Waals surface area contributed by atoms with Gasteiger partial charge in [0.05, 0.1) is 12.1 Å². The van der Waals surface area contributed by atoms with Crippen LogP contribution in [0.3, 0.4) is 0 Å². The number of hydrogen-bond acceptors (Lipinski definition) is 4. The van der Waals surface area contributed by atoms with Crippen LogP contribution in [0.25, 0.3) is 11.2 Å². The molecule has 0 aliphatic carbocycles. The molecule has 1 saturated heterocycles. The molecular weight excluding hydrogens is 310 g/mol. The van der Waals surface area contributed by atoms with Crippen LogP contribution < -0.4 is 10.2 Å². The Morgan fingerprint density at radius 2 is 1.87 bits per heavy atom. The van der Waals surface area contributed by atoms with E-state index in [1.165, 1.54) is 5.56 Å². The van der Waals surface area contributed by atoms with Gasteiger partial charge >= 0.3 is 0 Å². The van der Waals surface area contributed by atoms with Crippen LogP contribution in [0.1, 0.15) is 5.56 Å². The third kappa shape index (κ3) is 2.90. The predicted molar refractivity (Wildman–Crippen MR) is 93.2 cm³/mol. The van der Waals surface area contributed by atoms with Crippen LogP contribution in [0.5, 0.6) is 0 Å². The topological polar surface area (TPSA) is 46.0 Å². The summed E-state index contributed by atoms with van der Waals surface area (Å²) in [6, 6.07) is 12.0. The van der Waals surface area contributed by atoms with Crippen molar-refractivity contribution in [2.75, 3.05) is 31.1 Å². The Morgan fingerprint density at radius 1 is 1.09 bits per heavy atom. The minimum Gasteiger partial charge on any atom is -0.340 e. The highest BCUT2D eigenvalue weighted by molar-refractivity contribution is 6.30. The van der Waals surface area contributed by atoms with E-state index in [0.717, 1.165) is 54.9 Å². The second-order valence-electron chi connectivity index (χ2n) is 5.71. The summed E-state index contributed by atoms with van der Waals surface area (Å²) >= 11 is 6.00. The molecule has 23 heavy (non-hydrogen) atoms. The number of benzene rings is 1. The first-order valence-electron chi connectivity index (χ1n) is 7.82. The lowest BCUT2D eigenvalue weighted by molar-refractivity contribution is 0.571. The smallest absolute Gasteiger partial charge is 0.208 e. The molecule has 2 aromatic heterocycles. The van der Waals surface area contributed by atoms with Gasteiger partial charge in [0.15, 0.2) is 5.65 Å². The van der Waals surface area contributed by atoms with Crippen molar-refractivity contribution < 1.29 is 0 Å². The highest BCUT2D eigenvalue weighted by Crippen LogP contribution is 2.23. The Balaban J connectivity index is 1.77. The van der Waals surface area contributed by atoms with Crippen LogP contribution in [0, 0.1) is 0 Å². The summed E-state index contributed by atoms with van der Waals surface area (Å²) < 4.78 is 2.25. The Bertz CT molecular complexity index is 805. The van der Waals surface area contributed by atoms with Crippen LogP contribution >= 0.6 is 11.6 Å². The summed E-state index contributed by atoms with van der Waals surface area (Å²) in [5.41, 5.74) is 3.07. The zero-order valence-electron chi connectivity index (χ0n) is 12.7. The van der Waals surface area contributed by atoms with Gasteiger partial charge in [0.2, 0.25) is 5.95 Å². The van der Waals surface area contributed by atoms with E-state index >= 15 is 0 Å². The maximum absolute atomic E-state index is 6.00. The van der Waals surface area contributed by atoms with Gasteiger partial charge in [-0.3, -0.25) is 0 Å². The maximum Gasteiger partial charge on any atom is 0.208 e. The van der Waals surface area contributed by atoms with E-state index in [4.69, 9.17) is 16.6 Å². The van der Waals surface area contributed by atoms with Gasteiger partial charge in [0.25, 0.3) is 0 Å². The normalized spacial score (nSPS) is 15.3.